The van der Waals surface area contributed by atoms with Crippen LogP contribution in [0.3, 0.4) is 0 Å². The van der Waals surface area contributed by atoms with Crippen LogP contribution in [0.2, 0.25) is 0 Å². The second kappa shape index (κ2) is 10.0. The minimum Gasteiger partial charge on any atom is -0.338 e. The highest BCUT2D eigenvalue weighted by atomic mass is 16.2. The molecule has 0 radical (unpaired) electrons. The standard InChI is InChI=1S/C23H25N7O.CH4/c1-4-25-23(31)29-22-27-20-12-17(16-6-5-8-24-13-16)11-18(21(20)28-22)19-10-15(7-9-26-19)14-30(2)3;/h5-13H,4,14H2,1-3H3,(H3,25,27,28,29,31);1H4. The lowest BCUT2D eigenvalue weighted by atomic mass is 10.00. The zero-order valence-corrected chi connectivity index (χ0v) is 17.8. The summed E-state index contributed by atoms with van der Waals surface area (Å²) >= 11 is 0. The van der Waals surface area contributed by atoms with Gasteiger partial charge in [0, 0.05) is 42.8 Å². The monoisotopic (exact) mass is 431 g/mol. The van der Waals surface area contributed by atoms with Crippen molar-refractivity contribution in [2.45, 2.75) is 20.9 Å². The molecule has 3 aromatic heterocycles. The molecule has 4 aromatic rings. The van der Waals surface area contributed by atoms with E-state index in [4.69, 9.17) is 0 Å². The van der Waals surface area contributed by atoms with Crippen molar-refractivity contribution >= 4 is 23.0 Å². The molecule has 2 amide bonds. The number of aromatic nitrogens is 4. The van der Waals surface area contributed by atoms with Crippen LogP contribution in [0.25, 0.3) is 33.4 Å². The zero-order chi connectivity index (χ0) is 21.8. The minimum atomic E-state index is -0.304. The normalized spacial score (nSPS) is 10.8. The lowest BCUT2D eigenvalue weighted by Crippen LogP contribution is -2.28. The quantitative estimate of drug-likeness (QED) is 0.417. The van der Waals surface area contributed by atoms with Crippen molar-refractivity contribution in [2.75, 3.05) is 26.0 Å². The van der Waals surface area contributed by atoms with Gasteiger partial charge in [-0.15, -0.1) is 0 Å². The number of amides is 2. The van der Waals surface area contributed by atoms with Crippen LogP contribution in [-0.4, -0.2) is 51.5 Å². The Morgan fingerprint density at radius 2 is 1.97 bits per heavy atom. The molecule has 0 aliphatic carbocycles. The first-order valence-electron chi connectivity index (χ1n) is 10.1. The largest absolute Gasteiger partial charge is 0.338 e. The molecule has 1 aromatic carbocycles. The van der Waals surface area contributed by atoms with E-state index in [0.29, 0.717) is 12.5 Å². The van der Waals surface area contributed by atoms with E-state index in [1.54, 1.807) is 6.20 Å². The van der Waals surface area contributed by atoms with Crippen molar-refractivity contribution in [3.8, 4) is 22.4 Å². The molecule has 32 heavy (non-hydrogen) atoms. The first-order chi connectivity index (χ1) is 15.0. The molecule has 0 saturated heterocycles. The smallest absolute Gasteiger partial charge is 0.321 e. The summed E-state index contributed by atoms with van der Waals surface area (Å²) in [6.07, 6.45) is 5.39. The van der Waals surface area contributed by atoms with Crippen LogP contribution in [0.1, 0.15) is 19.9 Å². The van der Waals surface area contributed by atoms with Crippen LogP contribution in [0.4, 0.5) is 10.7 Å². The fraction of sp³-hybridized carbons (Fsp3) is 0.250. The van der Waals surface area contributed by atoms with E-state index in [0.717, 1.165) is 45.5 Å². The maximum absolute atomic E-state index is 12.0. The number of carbonyl (C=O) groups is 1. The number of hydrogen-bond acceptors (Lipinski definition) is 5. The summed E-state index contributed by atoms with van der Waals surface area (Å²) in [5.41, 5.74) is 6.40. The van der Waals surface area contributed by atoms with E-state index in [-0.39, 0.29) is 13.5 Å². The molecule has 3 N–H and O–H groups in total. The third-order valence-corrected chi connectivity index (χ3v) is 4.75. The van der Waals surface area contributed by atoms with Crippen LogP contribution >= 0.6 is 0 Å². The number of imidazole rings is 1. The number of aromatic amines is 1. The number of H-pyrrole nitrogens is 1. The first-order valence-corrected chi connectivity index (χ1v) is 10.1. The Morgan fingerprint density at radius 1 is 1.12 bits per heavy atom. The predicted molar refractivity (Wildman–Crippen MR) is 129 cm³/mol. The highest BCUT2D eigenvalue weighted by Gasteiger charge is 2.15. The van der Waals surface area contributed by atoms with Crippen LogP contribution in [0, 0.1) is 0 Å². The molecule has 3 heterocycles. The maximum Gasteiger partial charge on any atom is 0.321 e. The molecule has 166 valence electrons. The van der Waals surface area contributed by atoms with Gasteiger partial charge in [-0.25, -0.2) is 9.78 Å². The van der Waals surface area contributed by atoms with E-state index in [1.807, 2.05) is 57.7 Å². The number of urea groups is 1. The third kappa shape index (κ3) is 5.09. The van der Waals surface area contributed by atoms with Gasteiger partial charge in [0.2, 0.25) is 5.95 Å². The van der Waals surface area contributed by atoms with Crippen molar-refractivity contribution < 1.29 is 4.79 Å². The summed E-state index contributed by atoms with van der Waals surface area (Å²) in [5, 5.41) is 5.46. The molecular weight excluding hydrogens is 402 g/mol. The van der Waals surface area contributed by atoms with E-state index in [2.05, 4.69) is 47.6 Å². The number of fused-ring (bicyclic) bond motifs is 1. The Balaban J connectivity index is 0.00000289. The third-order valence-electron chi connectivity index (χ3n) is 4.75. The number of carbonyl (C=O) groups excluding carboxylic acids is 1. The van der Waals surface area contributed by atoms with Crippen molar-refractivity contribution in [3.63, 3.8) is 0 Å². The zero-order valence-electron chi connectivity index (χ0n) is 17.8. The molecule has 0 saturated carbocycles. The number of nitrogens with zero attached hydrogens (tertiary/aromatic N) is 4. The summed E-state index contributed by atoms with van der Waals surface area (Å²) in [5.74, 6) is 0.384. The van der Waals surface area contributed by atoms with Crippen LogP contribution in [0.5, 0.6) is 0 Å². The summed E-state index contributed by atoms with van der Waals surface area (Å²) in [6, 6.07) is 11.8. The Kier molecular flexibility index (Phi) is 7.17. The maximum atomic E-state index is 12.0. The van der Waals surface area contributed by atoms with Crippen LogP contribution in [-0.2, 0) is 6.54 Å². The van der Waals surface area contributed by atoms with Crippen molar-refractivity contribution in [1.82, 2.24) is 30.2 Å². The Morgan fingerprint density at radius 3 is 2.69 bits per heavy atom. The molecule has 8 heteroatoms. The van der Waals surface area contributed by atoms with Gasteiger partial charge in [-0.3, -0.25) is 15.3 Å². The summed E-state index contributed by atoms with van der Waals surface area (Å²) in [7, 11) is 4.07. The second-order valence-electron chi connectivity index (χ2n) is 7.52. The Hall–Kier alpha value is -3.78. The molecule has 0 aliphatic heterocycles. The van der Waals surface area contributed by atoms with Gasteiger partial charge in [0.25, 0.3) is 0 Å². The van der Waals surface area contributed by atoms with E-state index < -0.39 is 0 Å². The van der Waals surface area contributed by atoms with E-state index in [9.17, 15) is 4.79 Å². The summed E-state index contributed by atoms with van der Waals surface area (Å²) in [4.78, 5) is 30.8. The highest BCUT2D eigenvalue weighted by molar-refractivity contribution is 5.98. The molecule has 0 fully saturated rings. The highest BCUT2D eigenvalue weighted by Crippen LogP contribution is 2.33. The number of anilines is 1. The topological polar surface area (TPSA) is 98.8 Å². The molecule has 8 nitrogen and oxygen atoms in total. The summed E-state index contributed by atoms with van der Waals surface area (Å²) in [6.45, 7) is 3.21. The molecule has 0 atom stereocenters. The van der Waals surface area contributed by atoms with Gasteiger partial charge in [-0.05, 0) is 62.5 Å². The molecule has 4 rings (SSSR count). The number of pyridine rings is 2. The summed E-state index contributed by atoms with van der Waals surface area (Å²) < 4.78 is 0. The SMILES string of the molecule is C.CCNC(=O)Nc1nc2c(-c3cc(CN(C)C)ccn3)cc(-c3cccnc3)cc2[nH]1. The number of hydrogen-bond donors (Lipinski definition) is 3. The Labute approximate surface area is 188 Å². The average molecular weight is 432 g/mol. The minimum absolute atomic E-state index is 0. The molecular formula is C24H29N7O. The van der Waals surface area contributed by atoms with E-state index in [1.165, 1.54) is 0 Å². The molecule has 0 unspecified atom stereocenters. The lowest BCUT2D eigenvalue weighted by Gasteiger charge is -2.11. The van der Waals surface area contributed by atoms with Crippen molar-refractivity contribution in [3.05, 3.63) is 60.6 Å². The van der Waals surface area contributed by atoms with Crippen molar-refractivity contribution in [2.24, 2.45) is 0 Å². The fourth-order valence-corrected chi connectivity index (χ4v) is 3.47. The lowest BCUT2D eigenvalue weighted by molar-refractivity contribution is 0.252. The molecule has 0 bridgehead atoms. The van der Waals surface area contributed by atoms with Crippen LogP contribution in [0.15, 0.2) is 55.0 Å². The number of rotatable bonds is 6. The van der Waals surface area contributed by atoms with Gasteiger partial charge in [-0.1, -0.05) is 13.5 Å². The number of benzene rings is 1. The predicted octanol–water partition coefficient (Wildman–Crippen LogP) is 4.53. The first kappa shape index (κ1) is 22.9. The van der Waals surface area contributed by atoms with E-state index >= 15 is 0 Å². The second-order valence-corrected chi connectivity index (χ2v) is 7.52. The molecule has 0 aliphatic rings. The molecule has 0 spiro atoms. The van der Waals surface area contributed by atoms with Gasteiger partial charge >= 0.3 is 6.03 Å². The van der Waals surface area contributed by atoms with Gasteiger partial charge in [0.15, 0.2) is 0 Å². The number of nitrogens with one attached hydrogen (secondary N) is 3. The Bertz CT molecular complexity index is 1200. The van der Waals surface area contributed by atoms with Gasteiger partial charge in [0.1, 0.15) is 0 Å². The van der Waals surface area contributed by atoms with Gasteiger partial charge < -0.3 is 15.2 Å². The van der Waals surface area contributed by atoms with Crippen LogP contribution < -0.4 is 10.6 Å². The average Bonchev–Trinajstić information content (AvgIpc) is 3.15. The van der Waals surface area contributed by atoms with Crippen molar-refractivity contribution in [1.29, 1.82) is 0 Å². The fourth-order valence-electron chi connectivity index (χ4n) is 3.47. The van der Waals surface area contributed by atoms with Gasteiger partial charge in [-0.2, -0.15) is 0 Å². The van der Waals surface area contributed by atoms with Gasteiger partial charge in [0.05, 0.1) is 16.7 Å².